The molecule has 0 saturated carbocycles. The zero-order valence-electron chi connectivity index (χ0n) is 14.2. The van der Waals surface area contributed by atoms with Crippen molar-refractivity contribution < 1.29 is 9.18 Å². The quantitative estimate of drug-likeness (QED) is 0.904. The second-order valence-electron chi connectivity index (χ2n) is 6.71. The molecule has 1 fully saturated rings. The predicted octanol–water partition coefficient (Wildman–Crippen LogP) is 2.18. The molecule has 1 aromatic heterocycles. The first-order chi connectivity index (χ1) is 12.0. The number of carbonyl (C=O) groups excluding carboxylic acids is 1. The van der Waals surface area contributed by atoms with E-state index in [1.54, 1.807) is 24.4 Å². The van der Waals surface area contributed by atoms with Crippen LogP contribution < -0.4 is 5.56 Å². The zero-order chi connectivity index (χ0) is 17.8. The summed E-state index contributed by atoms with van der Waals surface area (Å²) < 4.78 is 13.8. The van der Waals surface area contributed by atoms with Crippen molar-refractivity contribution in [2.45, 2.75) is 26.3 Å². The summed E-state index contributed by atoms with van der Waals surface area (Å²) in [5.74, 6) is -0.142. The van der Waals surface area contributed by atoms with E-state index in [4.69, 9.17) is 0 Å². The molecule has 0 radical (unpaired) electrons. The number of aromatic nitrogens is 2. The Bertz CT molecular complexity index is 805. The number of carbonyl (C=O) groups is 1. The lowest BCUT2D eigenvalue weighted by Crippen LogP contribution is -2.43. The van der Waals surface area contributed by atoms with E-state index in [1.165, 1.54) is 12.3 Å². The van der Waals surface area contributed by atoms with Gasteiger partial charge in [-0.1, -0.05) is 25.1 Å². The van der Waals surface area contributed by atoms with Gasteiger partial charge in [0, 0.05) is 37.8 Å². The Morgan fingerprint density at radius 3 is 2.92 bits per heavy atom. The van der Waals surface area contributed by atoms with Crippen LogP contribution in [0.1, 0.15) is 24.6 Å². The normalized spacial score (nSPS) is 21.2. The molecule has 1 aromatic carbocycles. The monoisotopic (exact) mass is 343 g/mol. The summed E-state index contributed by atoms with van der Waals surface area (Å²) >= 11 is 0. The minimum absolute atomic E-state index is 0.0714. The summed E-state index contributed by atoms with van der Waals surface area (Å²) in [7, 11) is 0. The van der Waals surface area contributed by atoms with E-state index < -0.39 is 0 Å². The third-order valence-corrected chi connectivity index (χ3v) is 4.88. The molecule has 0 amide bonds. The summed E-state index contributed by atoms with van der Waals surface area (Å²) in [6.07, 6.45) is 3.95. The first kappa shape index (κ1) is 17.5. The van der Waals surface area contributed by atoms with Crippen LogP contribution >= 0.6 is 0 Å². The topological polar surface area (TPSA) is 66.1 Å². The van der Waals surface area contributed by atoms with Gasteiger partial charge in [0.1, 0.15) is 17.3 Å². The Kier molecular flexibility index (Phi) is 5.38. The van der Waals surface area contributed by atoms with Gasteiger partial charge >= 0.3 is 0 Å². The van der Waals surface area contributed by atoms with Crippen LogP contribution in [0.25, 0.3) is 0 Å². The Hall–Kier alpha value is -2.34. The number of ketones is 1. The van der Waals surface area contributed by atoms with E-state index in [0.717, 1.165) is 19.5 Å². The summed E-state index contributed by atoms with van der Waals surface area (Å²) in [6, 6.07) is 6.44. The standard InChI is InChI=1S/C19H22FN3O2/c1-13-11-23(12-17-19(25)22-8-7-21-17)9-6-15(13)18(24)10-14-4-2-3-5-16(14)20/h2-5,7-8,13,15H,6,9-12H2,1H3,(H,22,25)/t13?,15-/m1/s1. The highest BCUT2D eigenvalue weighted by Crippen LogP contribution is 2.26. The number of hydrogen-bond donors (Lipinski definition) is 1. The van der Waals surface area contributed by atoms with Gasteiger partial charge in [-0.2, -0.15) is 0 Å². The number of Topliss-reactive ketones (excluding diaryl/α,β-unsaturated/α-hetero) is 1. The van der Waals surface area contributed by atoms with Crippen LogP contribution in [0.2, 0.25) is 0 Å². The maximum Gasteiger partial charge on any atom is 0.270 e. The van der Waals surface area contributed by atoms with E-state index in [9.17, 15) is 14.0 Å². The van der Waals surface area contributed by atoms with E-state index >= 15 is 0 Å². The highest BCUT2D eigenvalue weighted by Gasteiger charge is 2.31. The summed E-state index contributed by atoms with van der Waals surface area (Å²) in [5, 5.41) is 0. The van der Waals surface area contributed by atoms with Gasteiger partial charge in [-0.25, -0.2) is 4.39 Å². The van der Waals surface area contributed by atoms with E-state index in [2.05, 4.69) is 14.9 Å². The number of hydrogen-bond acceptors (Lipinski definition) is 4. The van der Waals surface area contributed by atoms with E-state index in [-0.39, 0.29) is 35.4 Å². The van der Waals surface area contributed by atoms with Gasteiger partial charge in [-0.3, -0.25) is 19.5 Å². The van der Waals surface area contributed by atoms with Gasteiger partial charge in [0.15, 0.2) is 0 Å². The minimum Gasteiger partial charge on any atom is -0.326 e. The Morgan fingerprint density at radius 2 is 2.20 bits per heavy atom. The summed E-state index contributed by atoms with van der Waals surface area (Å²) in [4.78, 5) is 33.2. The van der Waals surface area contributed by atoms with Crippen molar-refractivity contribution in [3.8, 4) is 0 Å². The van der Waals surface area contributed by atoms with Gasteiger partial charge in [0.25, 0.3) is 5.56 Å². The van der Waals surface area contributed by atoms with Crippen molar-refractivity contribution in [2.75, 3.05) is 13.1 Å². The zero-order valence-corrected chi connectivity index (χ0v) is 14.2. The van der Waals surface area contributed by atoms with Crippen LogP contribution in [0.15, 0.2) is 41.5 Å². The summed E-state index contributed by atoms with van der Waals surface area (Å²) in [5.41, 5.74) is 0.779. The second-order valence-corrected chi connectivity index (χ2v) is 6.71. The molecule has 1 aliphatic rings. The van der Waals surface area contributed by atoms with Crippen LogP contribution in [-0.4, -0.2) is 33.7 Å². The molecular weight excluding hydrogens is 321 g/mol. The molecule has 132 valence electrons. The van der Waals surface area contributed by atoms with Gasteiger partial charge in [-0.15, -0.1) is 0 Å². The molecule has 0 spiro atoms. The van der Waals surface area contributed by atoms with Crippen LogP contribution in [0, 0.1) is 17.7 Å². The smallest absolute Gasteiger partial charge is 0.270 e. The van der Waals surface area contributed by atoms with Crippen LogP contribution in [0.3, 0.4) is 0 Å². The van der Waals surface area contributed by atoms with Crippen molar-refractivity contribution in [3.63, 3.8) is 0 Å². The highest BCUT2D eigenvalue weighted by atomic mass is 19.1. The Morgan fingerprint density at radius 1 is 1.40 bits per heavy atom. The van der Waals surface area contributed by atoms with Crippen molar-refractivity contribution in [3.05, 3.63) is 64.1 Å². The first-order valence-electron chi connectivity index (χ1n) is 8.55. The number of piperidine rings is 1. The molecule has 2 heterocycles. The molecule has 25 heavy (non-hydrogen) atoms. The van der Waals surface area contributed by atoms with Gasteiger partial charge < -0.3 is 4.98 Å². The fourth-order valence-electron chi connectivity index (χ4n) is 3.52. The first-order valence-corrected chi connectivity index (χ1v) is 8.55. The van der Waals surface area contributed by atoms with Gasteiger partial charge in [0.2, 0.25) is 0 Å². The molecule has 0 aliphatic carbocycles. The molecule has 3 rings (SSSR count). The van der Waals surface area contributed by atoms with Crippen LogP contribution in [-0.2, 0) is 17.8 Å². The maximum absolute atomic E-state index is 13.8. The number of likely N-dealkylation sites (tertiary alicyclic amines) is 1. The lowest BCUT2D eigenvalue weighted by Gasteiger charge is -2.35. The van der Waals surface area contributed by atoms with Crippen molar-refractivity contribution in [2.24, 2.45) is 11.8 Å². The third-order valence-electron chi connectivity index (χ3n) is 4.88. The van der Waals surface area contributed by atoms with Crippen LogP contribution in [0.4, 0.5) is 4.39 Å². The number of rotatable bonds is 5. The number of H-pyrrole nitrogens is 1. The van der Waals surface area contributed by atoms with E-state index in [1.807, 2.05) is 6.92 Å². The molecule has 5 nitrogen and oxygen atoms in total. The largest absolute Gasteiger partial charge is 0.326 e. The predicted molar refractivity (Wildman–Crippen MR) is 92.5 cm³/mol. The average Bonchev–Trinajstić information content (AvgIpc) is 2.59. The molecule has 1 saturated heterocycles. The fraction of sp³-hybridized carbons (Fsp3) is 0.421. The Labute approximate surface area is 145 Å². The molecule has 2 atom stereocenters. The maximum atomic E-state index is 13.8. The number of nitrogens with zero attached hydrogens (tertiary/aromatic N) is 2. The SMILES string of the molecule is CC1CN(Cc2ncc[nH]c2=O)CC[C@H]1C(=O)Cc1ccccc1F. The molecule has 1 unspecified atom stereocenters. The summed E-state index contributed by atoms with van der Waals surface area (Å²) in [6.45, 7) is 3.98. The lowest BCUT2D eigenvalue weighted by atomic mass is 9.81. The fourth-order valence-corrected chi connectivity index (χ4v) is 3.52. The molecular formula is C19H22FN3O2. The average molecular weight is 343 g/mol. The molecule has 2 aromatic rings. The molecule has 0 bridgehead atoms. The number of aromatic amines is 1. The molecule has 1 aliphatic heterocycles. The lowest BCUT2D eigenvalue weighted by molar-refractivity contribution is -0.125. The molecule has 1 N–H and O–H groups in total. The number of halogens is 1. The van der Waals surface area contributed by atoms with Crippen molar-refractivity contribution in [1.29, 1.82) is 0 Å². The number of benzene rings is 1. The highest BCUT2D eigenvalue weighted by molar-refractivity contribution is 5.83. The van der Waals surface area contributed by atoms with Crippen LogP contribution in [0.5, 0.6) is 0 Å². The van der Waals surface area contributed by atoms with Crippen molar-refractivity contribution in [1.82, 2.24) is 14.9 Å². The number of nitrogens with one attached hydrogen (secondary N) is 1. The van der Waals surface area contributed by atoms with Crippen molar-refractivity contribution >= 4 is 5.78 Å². The van der Waals surface area contributed by atoms with Gasteiger partial charge in [0.05, 0.1) is 0 Å². The molecule has 6 heteroatoms. The van der Waals surface area contributed by atoms with Gasteiger partial charge in [-0.05, 0) is 30.5 Å². The second kappa shape index (κ2) is 7.70. The third kappa shape index (κ3) is 4.20. The Balaban J connectivity index is 1.60. The van der Waals surface area contributed by atoms with E-state index in [0.29, 0.717) is 17.8 Å². The minimum atomic E-state index is -0.324.